The van der Waals surface area contributed by atoms with E-state index in [4.69, 9.17) is 0 Å². The third kappa shape index (κ3) is 3.42. The predicted octanol–water partition coefficient (Wildman–Crippen LogP) is 2.13. The summed E-state index contributed by atoms with van der Waals surface area (Å²) in [6.07, 6.45) is 4.51. The topological polar surface area (TPSA) is 41.1 Å². The number of aryl methyl sites for hydroxylation is 1. The molecule has 1 aromatic heterocycles. The molecule has 4 heteroatoms. The van der Waals surface area contributed by atoms with Gasteiger partial charge in [-0.2, -0.15) is 0 Å². The predicted molar refractivity (Wildman–Crippen MR) is 74.7 cm³/mol. The van der Waals surface area contributed by atoms with Crippen LogP contribution in [0.4, 0.5) is 5.95 Å². The second-order valence-electron chi connectivity index (χ2n) is 5.65. The van der Waals surface area contributed by atoms with Crippen molar-refractivity contribution in [2.24, 2.45) is 5.92 Å². The molecular formula is C14H24N4. The number of nitrogens with zero attached hydrogens (tertiary/aromatic N) is 3. The third-order valence-corrected chi connectivity index (χ3v) is 3.35. The molecule has 1 aromatic rings. The first-order valence-electron chi connectivity index (χ1n) is 6.84. The van der Waals surface area contributed by atoms with Gasteiger partial charge < -0.3 is 10.2 Å². The average Bonchev–Trinajstić information content (AvgIpc) is 3.14. The van der Waals surface area contributed by atoms with Crippen LogP contribution in [0.1, 0.15) is 37.9 Å². The first-order chi connectivity index (χ1) is 8.58. The van der Waals surface area contributed by atoms with E-state index in [1.807, 2.05) is 6.20 Å². The van der Waals surface area contributed by atoms with Crippen LogP contribution in [0.25, 0.3) is 0 Å². The SMILES string of the molecule is Cc1nc(N(C)C2CC2)ncc1CNCC(C)C. The van der Waals surface area contributed by atoms with Crippen LogP contribution in [-0.2, 0) is 6.54 Å². The van der Waals surface area contributed by atoms with Crippen molar-refractivity contribution in [1.29, 1.82) is 0 Å². The molecule has 1 saturated carbocycles. The van der Waals surface area contributed by atoms with Crippen LogP contribution in [0.2, 0.25) is 0 Å². The van der Waals surface area contributed by atoms with Gasteiger partial charge in [0.25, 0.3) is 0 Å². The highest BCUT2D eigenvalue weighted by Gasteiger charge is 2.27. The highest BCUT2D eigenvalue weighted by Crippen LogP contribution is 2.28. The molecule has 4 nitrogen and oxygen atoms in total. The Morgan fingerprint density at radius 1 is 1.44 bits per heavy atom. The number of hydrogen-bond acceptors (Lipinski definition) is 4. The van der Waals surface area contributed by atoms with Crippen molar-refractivity contribution in [2.75, 3.05) is 18.5 Å². The lowest BCUT2D eigenvalue weighted by molar-refractivity contribution is 0.550. The van der Waals surface area contributed by atoms with E-state index in [-0.39, 0.29) is 0 Å². The van der Waals surface area contributed by atoms with E-state index in [0.717, 1.165) is 24.7 Å². The average molecular weight is 248 g/mol. The fourth-order valence-corrected chi connectivity index (χ4v) is 1.94. The van der Waals surface area contributed by atoms with Crippen LogP contribution in [0.5, 0.6) is 0 Å². The fourth-order valence-electron chi connectivity index (χ4n) is 1.94. The lowest BCUT2D eigenvalue weighted by Gasteiger charge is -2.17. The summed E-state index contributed by atoms with van der Waals surface area (Å²) in [5.41, 5.74) is 2.28. The van der Waals surface area contributed by atoms with Gasteiger partial charge in [0.1, 0.15) is 0 Å². The summed E-state index contributed by atoms with van der Waals surface area (Å²) in [5, 5.41) is 3.43. The Hall–Kier alpha value is -1.16. The van der Waals surface area contributed by atoms with Crippen LogP contribution in [0.3, 0.4) is 0 Å². The van der Waals surface area contributed by atoms with Gasteiger partial charge >= 0.3 is 0 Å². The molecule has 1 heterocycles. The van der Waals surface area contributed by atoms with Crippen LogP contribution < -0.4 is 10.2 Å². The van der Waals surface area contributed by atoms with Crippen LogP contribution in [0, 0.1) is 12.8 Å². The lowest BCUT2D eigenvalue weighted by Crippen LogP contribution is -2.23. The van der Waals surface area contributed by atoms with E-state index in [1.54, 1.807) is 0 Å². The van der Waals surface area contributed by atoms with Crippen molar-refractivity contribution in [3.05, 3.63) is 17.5 Å². The Labute approximate surface area is 110 Å². The highest BCUT2D eigenvalue weighted by molar-refractivity contribution is 5.34. The standard InChI is InChI=1S/C14H24N4/c1-10(2)7-15-8-12-9-16-14(17-11(12)3)18(4)13-5-6-13/h9-10,13,15H,5-8H2,1-4H3. The molecule has 1 aliphatic carbocycles. The molecule has 100 valence electrons. The summed E-state index contributed by atoms with van der Waals surface area (Å²) in [7, 11) is 2.09. The molecule has 0 radical (unpaired) electrons. The molecule has 0 spiro atoms. The minimum atomic E-state index is 0.661. The normalized spacial score (nSPS) is 15.2. The van der Waals surface area contributed by atoms with Gasteiger partial charge in [-0.3, -0.25) is 0 Å². The van der Waals surface area contributed by atoms with E-state index >= 15 is 0 Å². The molecular weight excluding hydrogens is 224 g/mol. The molecule has 0 aromatic carbocycles. The van der Waals surface area contributed by atoms with Crippen molar-refractivity contribution in [3.8, 4) is 0 Å². The van der Waals surface area contributed by atoms with Crippen LogP contribution >= 0.6 is 0 Å². The van der Waals surface area contributed by atoms with Crippen LogP contribution in [-0.4, -0.2) is 29.6 Å². The largest absolute Gasteiger partial charge is 0.341 e. The van der Waals surface area contributed by atoms with Crippen molar-refractivity contribution >= 4 is 5.95 Å². The quantitative estimate of drug-likeness (QED) is 0.837. The van der Waals surface area contributed by atoms with E-state index in [1.165, 1.54) is 18.4 Å². The Kier molecular flexibility index (Phi) is 4.17. The van der Waals surface area contributed by atoms with Gasteiger partial charge in [0.2, 0.25) is 5.95 Å². The maximum absolute atomic E-state index is 4.61. The van der Waals surface area contributed by atoms with E-state index in [2.05, 4.69) is 48.0 Å². The van der Waals surface area contributed by atoms with Gasteiger partial charge in [0.05, 0.1) is 0 Å². The maximum Gasteiger partial charge on any atom is 0.225 e. The monoisotopic (exact) mass is 248 g/mol. The van der Waals surface area contributed by atoms with Gasteiger partial charge in [0, 0.05) is 37.1 Å². The first kappa shape index (κ1) is 13.3. The second kappa shape index (κ2) is 5.65. The Morgan fingerprint density at radius 2 is 2.17 bits per heavy atom. The summed E-state index contributed by atoms with van der Waals surface area (Å²) in [4.78, 5) is 11.3. The molecule has 0 atom stereocenters. The molecule has 0 unspecified atom stereocenters. The van der Waals surface area contributed by atoms with Crippen molar-refractivity contribution < 1.29 is 0 Å². The molecule has 0 saturated heterocycles. The van der Waals surface area contributed by atoms with Crippen molar-refractivity contribution in [3.63, 3.8) is 0 Å². The maximum atomic E-state index is 4.61. The zero-order chi connectivity index (χ0) is 13.1. The zero-order valence-electron chi connectivity index (χ0n) is 11.9. The van der Waals surface area contributed by atoms with Gasteiger partial charge in [-0.05, 0) is 32.2 Å². The lowest BCUT2D eigenvalue weighted by atomic mass is 10.2. The second-order valence-corrected chi connectivity index (χ2v) is 5.65. The summed E-state index contributed by atoms with van der Waals surface area (Å²) in [6.45, 7) is 8.38. The van der Waals surface area contributed by atoms with Crippen molar-refractivity contribution in [1.82, 2.24) is 15.3 Å². The molecule has 18 heavy (non-hydrogen) atoms. The number of rotatable bonds is 6. The molecule has 2 rings (SSSR count). The Morgan fingerprint density at radius 3 is 2.72 bits per heavy atom. The zero-order valence-corrected chi connectivity index (χ0v) is 11.9. The first-order valence-corrected chi connectivity index (χ1v) is 6.84. The molecule has 1 aliphatic rings. The summed E-state index contributed by atoms with van der Waals surface area (Å²) >= 11 is 0. The Bertz CT molecular complexity index is 399. The fraction of sp³-hybridized carbons (Fsp3) is 0.714. The molecule has 0 aliphatic heterocycles. The van der Waals surface area contributed by atoms with Gasteiger partial charge in [0.15, 0.2) is 0 Å². The highest BCUT2D eigenvalue weighted by atomic mass is 15.3. The van der Waals surface area contributed by atoms with E-state index in [9.17, 15) is 0 Å². The smallest absolute Gasteiger partial charge is 0.225 e. The van der Waals surface area contributed by atoms with Crippen molar-refractivity contribution in [2.45, 2.75) is 46.2 Å². The number of nitrogens with one attached hydrogen (secondary N) is 1. The third-order valence-electron chi connectivity index (χ3n) is 3.35. The minimum absolute atomic E-state index is 0.661. The minimum Gasteiger partial charge on any atom is -0.341 e. The molecule has 0 bridgehead atoms. The summed E-state index contributed by atoms with van der Waals surface area (Å²) in [6, 6.07) is 0.661. The number of aromatic nitrogens is 2. The van der Waals surface area contributed by atoms with Crippen LogP contribution in [0.15, 0.2) is 6.20 Å². The van der Waals surface area contributed by atoms with E-state index < -0.39 is 0 Å². The number of hydrogen-bond donors (Lipinski definition) is 1. The van der Waals surface area contributed by atoms with Gasteiger partial charge in [-0.1, -0.05) is 13.8 Å². The van der Waals surface area contributed by atoms with E-state index in [0.29, 0.717) is 12.0 Å². The van der Waals surface area contributed by atoms with Gasteiger partial charge in [-0.25, -0.2) is 9.97 Å². The summed E-state index contributed by atoms with van der Waals surface area (Å²) in [5.74, 6) is 1.54. The molecule has 1 fully saturated rings. The van der Waals surface area contributed by atoms with Gasteiger partial charge in [-0.15, -0.1) is 0 Å². The Balaban J connectivity index is 1.96. The summed E-state index contributed by atoms with van der Waals surface area (Å²) < 4.78 is 0. The molecule has 1 N–H and O–H groups in total. The molecule has 0 amide bonds. The number of anilines is 1.